The third-order valence-electron chi connectivity index (χ3n) is 1.86. The molecule has 1 unspecified atom stereocenters. The zero-order valence-electron chi connectivity index (χ0n) is 8.14. The Morgan fingerprint density at radius 3 is 2.79 bits per heavy atom. The van der Waals surface area contributed by atoms with Crippen LogP contribution in [0.15, 0.2) is 17.5 Å². The van der Waals surface area contributed by atoms with Gasteiger partial charge in [-0.3, -0.25) is 0 Å². The zero-order valence-corrected chi connectivity index (χ0v) is 9.77. The molecule has 2 N–H and O–H groups in total. The summed E-state index contributed by atoms with van der Waals surface area (Å²) in [6.45, 7) is 0. The highest BCUT2D eigenvalue weighted by atomic mass is 32.2. The van der Waals surface area contributed by atoms with E-state index >= 15 is 0 Å². The molecule has 0 aliphatic rings. The molecule has 0 spiro atoms. The first-order valence-corrected chi connectivity index (χ1v) is 7.37. The average molecular weight is 233 g/mol. The topological polar surface area (TPSA) is 60.2 Å². The number of aryl methyl sites for hydroxylation is 1. The van der Waals surface area contributed by atoms with Crippen molar-refractivity contribution in [2.75, 3.05) is 12.0 Å². The second kappa shape index (κ2) is 4.91. The number of sulfone groups is 1. The Morgan fingerprint density at radius 1 is 1.57 bits per heavy atom. The first-order valence-electron chi connectivity index (χ1n) is 4.43. The molecule has 80 valence electrons. The standard InChI is InChI=1S/C9H15NO2S2/c1-14(11,12)7-8(10)4-5-9-3-2-6-13-9/h2-3,6,8H,4-5,7,10H2,1H3. The number of thiophene rings is 1. The molecule has 0 saturated heterocycles. The molecule has 1 heterocycles. The fraction of sp³-hybridized carbons (Fsp3) is 0.556. The third-order valence-corrected chi connectivity index (χ3v) is 3.83. The lowest BCUT2D eigenvalue weighted by atomic mass is 10.2. The van der Waals surface area contributed by atoms with E-state index in [1.165, 1.54) is 11.1 Å². The van der Waals surface area contributed by atoms with Gasteiger partial charge in [0.05, 0.1) is 5.75 Å². The molecule has 0 amide bonds. The van der Waals surface area contributed by atoms with Gasteiger partial charge in [0, 0.05) is 17.2 Å². The molecule has 0 aromatic carbocycles. The molecule has 0 fully saturated rings. The van der Waals surface area contributed by atoms with Crippen molar-refractivity contribution in [2.45, 2.75) is 18.9 Å². The molecule has 5 heteroatoms. The van der Waals surface area contributed by atoms with Crippen LogP contribution in [0.25, 0.3) is 0 Å². The molecule has 1 aromatic rings. The summed E-state index contributed by atoms with van der Waals surface area (Å²) in [5.74, 6) is 0.0817. The third kappa shape index (κ3) is 4.74. The van der Waals surface area contributed by atoms with E-state index in [4.69, 9.17) is 5.73 Å². The first-order chi connectivity index (χ1) is 6.47. The van der Waals surface area contributed by atoms with Crippen molar-refractivity contribution in [1.29, 1.82) is 0 Å². The van der Waals surface area contributed by atoms with Crippen molar-refractivity contribution < 1.29 is 8.42 Å². The molecular weight excluding hydrogens is 218 g/mol. The lowest BCUT2D eigenvalue weighted by Crippen LogP contribution is -2.29. The molecule has 14 heavy (non-hydrogen) atoms. The van der Waals surface area contributed by atoms with E-state index < -0.39 is 9.84 Å². The highest BCUT2D eigenvalue weighted by Gasteiger charge is 2.10. The number of hydrogen-bond acceptors (Lipinski definition) is 4. The van der Waals surface area contributed by atoms with Gasteiger partial charge in [-0.15, -0.1) is 11.3 Å². The van der Waals surface area contributed by atoms with Gasteiger partial charge < -0.3 is 5.73 Å². The Balaban J connectivity index is 2.32. The molecule has 0 saturated carbocycles. The Labute approximate surface area is 88.9 Å². The van der Waals surface area contributed by atoms with Crippen LogP contribution < -0.4 is 5.73 Å². The van der Waals surface area contributed by atoms with Gasteiger partial charge in [0.2, 0.25) is 0 Å². The van der Waals surface area contributed by atoms with Gasteiger partial charge in [0.1, 0.15) is 9.84 Å². The SMILES string of the molecule is CS(=O)(=O)CC(N)CCc1cccs1. The minimum Gasteiger partial charge on any atom is -0.327 e. The van der Waals surface area contributed by atoms with E-state index in [0.29, 0.717) is 0 Å². The summed E-state index contributed by atoms with van der Waals surface area (Å²) in [7, 11) is -2.94. The van der Waals surface area contributed by atoms with Crippen molar-refractivity contribution in [3.8, 4) is 0 Å². The van der Waals surface area contributed by atoms with Gasteiger partial charge in [-0.25, -0.2) is 8.42 Å². The van der Waals surface area contributed by atoms with Crippen molar-refractivity contribution in [2.24, 2.45) is 5.73 Å². The summed E-state index contributed by atoms with van der Waals surface area (Å²) >= 11 is 1.68. The van der Waals surface area contributed by atoms with Crippen molar-refractivity contribution in [1.82, 2.24) is 0 Å². The Hall–Kier alpha value is -0.390. The predicted octanol–water partition coefficient (Wildman–Crippen LogP) is 1.05. The van der Waals surface area contributed by atoms with Crippen molar-refractivity contribution in [3.63, 3.8) is 0 Å². The van der Waals surface area contributed by atoms with Gasteiger partial charge in [-0.2, -0.15) is 0 Å². The summed E-state index contributed by atoms with van der Waals surface area (Å²) in [6, 6.07) is 3.78. The fourth-order valence-electron chi connectivity index (χ4n) is 1.25. The van der Waals surface area contributed by atoms with Crippen LogP contribution in [-0.4, -0.2) is 26.5 Å². The summed E-state index contributed by atoms with van der Waals surface area (Å²) in [4.78, 5) is 1.26. The molecule has 0 aliphatic heterocycles. The highest BCUT2D eigenvalue weighted by Crippen LogP contribution is 2.11. The highest BCUT2D eigenvalue weighted by molar-refractivity contribution is 7.90. The monoisotopic (exact) mass is 233 g/mol. The number of hydrogen-bond donors (Lipinski definition) is 1. The summed E-state index contributed by atoms with van der Waals surface area (Å²) < 4.78 is 21.9. The first kappa shape index (κ1) is 11.7. The number of rotatable bonds is 5. The molecule has 0 bridgehead atoms. The molecule has 1 rings (SSSR count). The van der Waals surface area contributed by atoms with E-state index in [-0.39, 0.29) is 11.8 Å². The normalized spacial score (nSPS) is 14.1. The predicted molar refractivity (Wildman–Crippen MR) is 60.3 cm³/mol. The molecule has 0 aliphatic carbocycles. The Morgan fingerprint density at radius 2 is 2.29 bits per heavy atom. The van der Waals surface area contributed by atoms with Crippen LogP contribution in [0.5, 0.6) is 0 Å². The molecular formula is C9H15NO2S2. The van der Waals surface area contributed by atoms with Crippen LogP contribution in [0.3, 0.4) is 0 Å². The van der Waals surface area contributed by atoms with Crippen LogP contribution in [0.1, 0.15) is 11.3 Å². The lowest BCUT2D eigenvalue weighted by Gasteiger charge is -2.08. The van der Waals surface area contributed by atoms with Crippen LogP contribution in [0.2, 0.25) is 0 Å². The van der Waals surface area contributed by atoms with Crippen molar-refractivity contribution in [3.05, 3.63) is 22.4 Å². The fourth-order valence-corrected chi connectivity index (χ4v) is 2.92. The summed E-state index contributed by atoms with van der Waals surface area (Å²) in [5.41, 5.74) is 5.70. The van der Waals surface area contributed by atoms with E-state index in [1.54, 1.807) is 11.3 Å². The van der Waals surface area contributed by atoms with Gasteiger partial charge >= 0.3 is 0 Å². The lowest BCUT2D eigenvalue weighted by molar-refractivity contribution is 0.585. The van der Waals surface area contributed by atoms with Gasteiger partial charge in [0.25, 0.3) is 0 Å². The maximum absolute atomic E-state index is 10.9. The van der Waals surface area contributed by atoms with E-state index in [2.05, 4.69) is 0 Å². The maximum Gasteiger partial charge on any atom is 0.148 e. The largest absolute Gasteiger partial charge is 0.327 e. The van der Waals surface area contributed by atoms with Crippen LogP contribution in [0, 0.1) is 0 Å². The second-order valence-electron chi connectivity index (χ2n) is 3.47. The summed E-state index contributed by atoms with van der Waals surface area (Å²) in [5, 5.41) is 2.01. The van der Waals surface area contributed by atoms with Crippen LogP contribution >= 0.6 is 11.3 Å². The van der Waals surface area contributed by atoms with Gasteiger partial charge in [-0.05, 0) is 24.3 Å². The molecule has 3 nitrogen and oxygen atoms in total. The van der Waals surface area contributed by atoms with E-state index in [0.717, 1.165) is 12.8 Å². The van der Waals surface area contributed by atoms with Crippen LogP contribution in [-0.2, 0) is 16.3 Å². The summed E-state index contributed by atoms with van der Waals surface area (Å²) in [6.07, 6.45) is 2.82. The Kier molecular flexibility index (Phi) is 4.10. The molecule has 1 aromatic heterocycles. The Bertz CT molecular complexity index is 356. The minimum absolute atomic E-state index is 0.0817. The number of nitrogens with two attached hydrogens (primary N) is 1. The van der Waals surface area contributed by atoms with Gasteiger partial charge in [-0.1, -0.05) is 6.07 Å². The quantitative estimate of drug-likeness (QED) is 0.827. The molecule has 0 radical (unpaired) electrons. The zero-order chi connectivity index (χ0) is 10.6. The smallest absolute Gasteiger partial charge is 0.148 e. The minimum atomic E-state index is -2.94. The van der Waals surface area contributed by atoms with Crippen molar-refractivity contribution >= 4 is 21.2 Å². The molecule has 1 atom stereocenters. The van der Waals surface area contributed by atoms with E-state index in [1.807, 2.05) is 17.5 Å². The van der Waals surface area contributed by atoms with Gasteiger partial charge in [0.15, 0.2) is 0 Å². The maximum atomic E-state index is 10.9. The second-order valence-corrected chi connectivity index (χ2v) is 6.69. The van der Waals surface area contributed by atoms with E-state index in [9.17, 15) is 8.42 Å². The van der Waals surface area contributed by atoms with Crippen LogP contribution in [0.4, 0.5) is 0 Å². The average Bonchev–Trinajstić information content (AvgIpc) is 2.49.